The first kappa shape index (κ1) is 42.3. The minimum Gasteiger partial charge on any atom is -0.444 e. The molecule has 0 saturated heterocycles. The smallest absolute Gasteiger partial charge is 0.329 e. The highest BCUT2D eigenvalue weighted by molar-refractivity contribution is 6.04. The number of Topliss-reactive ketones (excluding diaryl/α,β-unsaturated/α-hetero) is 3. The van der Waals surface area contributed by atoms with E-state index in [0.717, 1.165) is 35.5 Å². The van der Waals surface area contributed by atoms with Crippen LogP contribution in [0.3, 0.4) is 0 Å². The van der Waals surface area contributed by atoms with E-state index in [1.54, 1.807) is 48.1 Å². The van der Waals surface area contributed by atoms with Gasteiger partial charge in [0.15, 0.2) is 23.0 Å². The zero-order valence-electron chi connectivity index (χ0n) is 34.4. The average molecular weight is 848 g/mol. The van der Waals surface area contributed by atoms with Gasteiger partial charge in [0.05, 0.1) is 41.1 Å². The van der Waals surface area contributed by atoms with Crippen LogP contribution in [0, 0.1) is 5.92 Å². The van der Waals surface area contributed by atoms with Gasteiger partial charge in [-0.25, -0.2) is 23.2 Å². The summed E-state index contributed by atoms with van der Waals surface area (Å²) in [5, 5.41) is 6.51. The number of hydrogen-bond acceptors (Lipinski definition) is 10. The highest BCUT2D eigenvalue weighted by Crippen LogP contribution is 2.34. The molecule has 322 valence electrons. The predicted molar refractivity (Wildman–Crippen MR) is 225 cm³/mol. The Kier molecular flexibility index (Phi) is 12.7. The van der Waals surface area contributed by atoms with E-state index in [1.807, 2.05) is 24.3 Å². The lowest BCUT2D eigenvalue weighted by Crippen LogP contribution is -2.34. The number of imidazole rings is 1. The maximum absolute atomic E-state index is 14.1. The number of aryl methyl sites for hydroxylation is 3. The number of ether oxygens (including phenoxy) is 1. The third kappa shape index (κ3) is 9.54. The number of ketones is 3. The number of halogens is 2. The van der Waals surface area contributed by atoms with E-state index in [-0.39, 0.29) is 53.2 Å². The number of fused-ring (bicyclic) bond motifs is 1. The highest BCUT2D eigenvalue weighted by Gasteiger charge is 2.32. The summed E-state index contributed by atoms with van der Waals surface area (Å²) in [6.07, 6.45) is 9.02. The predicted octanol–water partition coefficient (Wildman–Crippen LogP) is 7.97. The topological polar surface area (TPSA) is 173 Å². The Labute approximate surface area is 355 Å². The summed E-state index contributed by atoms with van der Waals surface area (Å²) in [6, 6.07) is 15.1. The summed E-state index contributed by atoms with van der Waals surface area (Å²) in [4.78, 5) is 72.4. The lowest BCUT2D eigenvalue weighted by Gasteiger charge is -2.21. The van der Waals surface area contributed by atoms with Crippen molar-refractivity contribution in [2.75, 3.05) is 18.5 Å². The largest absolute Gasteiger partial charge is 0.444 e. The van der Waals surface area contributed by atoms with Gasteiger partial charge in [-0.3, -0.25) is 33.3 Å². The number of pyridine rings is 1. The molecular weight excluding hydrogens is 801 g/mol. The Morgan fingerprint density at radius 2 is 1.79 bits per heavy atom. The lowest BCUT2D eigenvalue weighted by atomic mass is 9.92. The molecule has 1 N–H and O–H groups in total. The maximum atomic E-state index is 14.1. The first-order valence-electron chi connectivity index (χ1n) is 21.1. The van der Waals surface area contributed by atoms with Crippen LogP contribution < -0.4 is 11.0 Å². The van der Waals surface area contributed by atoms with Crippen LogP contribution in [0.15, 0.2) is 82.5 Å². The van der Waals surface area contributed by atoms with Crippen molar-refractivity contribution in [3.05, 3.63) is 112 Å². The van der Waals surface area contributed by atoms with Crippen molar-refractivity contribution in [3.8, 4) is 17.1 Å². The molecule has 0 aliphatic heterocycles. The van der Waals surface area contributed by atoms with Gasteiger partial charge in [-0.1, -0.05) is 25.0 Å². The van der Waals surface area contributed by atoms with Gasteiger partial charge in [-0.2, -0.15) is 5.10 Å². The number of rotatable bonds is 19. The minimum atomic E-state index is -2.98. The zero-order chi connectivity index (χ0) is 43.3. The molecule has 8 rings (SSSR count). The summed E-state index contributed by atoms with van der Waals surface area (Å²) in [7, 11) is 1.70. The molecule has 0 radical (unpaired) electrons. The summed E-state index contributed by atoms with van der Waals surface area (Å²) in [6.45, 7) is 0.965. The van der Waals surface area contributed by atoms with Gasteiger partial charge in [0, 0.05) is 56.1 Å². The number of oxazole rings is 1. The molecule has 2 fully saturated rings. The molecule has 4 aromatic heterocycles. The second-order valence-corrected chi connectivity index (χ2v) is 16.1. The number of carbonyl (C=O) groups is 4. The molecule has 1 atom stereocenters. The van der Waals surface area contributed by atoms with Crippen LogP contribution in [-0.4, -0.2) is 65.4 Å². The maximum Gasteiger partial charge on any atom is 0.329 e. The van der Waals surface area contributed by atoms with Crippen molar-refractivity contribution < 1.29 is 37.1 Å². The van der Waals surface area contributed by atoms with E-state index in [1.165, 1.54) is 34.6 Å². The molecule has 2 aliphatic carbocycles. The molecule has 14 nitrogen and oxygen atoms in total. The summed E-state index contributed by atoms with van der Waals surface area (Å²) >= 11 is 0. The number of nitrogens with one attached hydrogen (secondary N) is 1. The van der Waals surface area contributed by atoms with Crippen LogP contribution in [0.5, 0.6) is 0 Å². The van der Waals surface area contributed by atoms with Gasteiger partial charge in [0.1, 0.15) is 12.0 Å². The molecule has 62 heavy (non-hydrogen) atoms. The zero-order valence-corrected chi connectivity index (χ0v) is 34.4. The number of unbranched alkanes of at least 4 members (excludes halogenated alkanes) is 1. The Hall–Kier alpha value is -6.42. The molecule has 4 heterocycles. The second-order valence-electron chi connectivity index (χ2n) is 16.1. The van der Waals surface area contributed by atoms with Crippen molar-refractivity contribution in [1.29, 1.82) is 0 Å². The number of amides is 1. The van der Waals surface area contributed by atoms with E-state index < -0.39 is 24.1 Å². The van der Waals surface area contributed by atoms with E-state index in [4.69, 9.17) is 9.15 Å². The van der Waals surface area contributed by atoms with Gasteiger partial charge in [-0.15, -0.1) is 0 Å². The number of para-hydroxylation sites is 1. The molecule has 16 heteroatoms. The summed E-state index contributed by atoms with van der Waals surface area (Å²) in [5.41, 5.74) is 3.74. The van der Waals surface area contributed by atoms with Crippen LogP contribution in [0.4, 0.5) is 14.5 Å². The van der Waals surface area contributed by atoms with E-state index in [9.17, 15) is 32.8 Å². The van der Waals surface area contributed by atoms with Crippen molar-refractivity contribution in [1.82, 2.24) is 28.9 Å². The number of hydrogen-bond donors (Lipinski definition) is 1. The molecule has 1 amide bonds. The van der Waals surface area contributed by atoms with Gasteiger partial charge in [-0.05, 0) is 98.9 Å². The minimum absolute atomic E-state index is 0.0707. The Morgan fingerprint density at radius 1 is 0.984 bits per heavy atom. The molecule has 6 aromatic rings. The SMILES string of the molecule is Cn1c(=O)n(C2CCC(=O)CC2=O)c2cccc(CCCOCCCCC(=O)c3ccc(-n4cc(NC(=O)c5coc(-c6ccnc(CCC7CC7)c6)n5)c(C(F)F)n4)cc3)c21. The van der Waals surface area contributed by atoms with Gasteiger partial charge in [0.25, 0.3) is 12.3 Å². The van der Waals surface area contributed by atoms with Crippen LogP contribution in [0.1, 0.15) is 114 Å². The van der Waals surface area contributed by atoms with Crippen LogP contribution in [0.25, 0.3) is 28.2 Å². The third-order valence-electron chi connectivity index (χ3n) is 11.6. The normalized spacial score (nSPS) is 15.5. The summed E-state index contributed by atoms with van der Waals surface area (Å²) < 4.78 is 43.9. The fraction of sp³-hybridized carbons (Fsp3) is 0.391. The van der Waals surface area contributed by atoms with E-state index in [2.05, 4.69) is 20.4 Å². The first-order valence-corrected chi connectivity index (χ1v) is 21.1. The quantitative estimate of drug-likeness (QED) is 0.0479. The number of benzene rings is 2. The van der Waals surface area contributed by atoms with Crippen molar-refractivity contribution in [3.63, 3.8) is 0 Å². The molecule has 0 spiro atoms. The van der Waals surface area contributed by atoms with Crippen LogP contribution in [-0.2, 0) is 34.2 Å². The molecule has 2 saturated carbocycles. The molecule has 2 aromatic carbocycles. The third-order valence-corrected chi connectivity index (χ3v) is 11.6. The highest BCUT2D eigenvalue weighted by atomic mass is 19.3. The summed E-state index contributed by atoms with van der Waals surface area (Å²) in [5.74, 6) is -0.137. The fourth-order valence-electron chi connectivity index (χ4n) is 8.04. The Balaban J connectivity index is 0.789. The van der Waals surface area contributed by atoms with Crippen LogP contribution >= 0.6 is 0 Å². The molecular formula is C46H47F2N7O7. The average Bonchev–Trinajstić information content (AvgIpc) is 3.67. The molecule has 1 unspecified atom stereocenters. The molecule has 0 bridgehead atoms. The van der Waals surface area contributed by atoms with Crippen molar-refractivity contribution >= 4 is 40.0 Å². The second kappa shape index (κ2) is 18.7. The number of alkyl halides is 2. The van der Waals surface area contributed by atoms with Crippen LogP contribution in [0.2, 0.25) is 0 Å². The standard InChI is InChI=1S/C46H47F2N7O7/c1-53-42-30(6-4-8-38(42)55(46(53)60)37-19-18-34(56)25-40(37)58)7-5-23-61-22-3-2-9-39(57)29-13-16-33(17-14-29)54-26-35(41(52-54)43(47)48)50-44(59)36-27-62-45(51-36)31-20-21-49-32(24-31)15-12-28-10-11-28/h4,6,8,13-14,16-17,20-21,24,26-28,37,43H,2-3,5,7,9-12,15,18-19,22-23,25H2,1H3,(H,50,59). The lowest BCUT2D eigenvalue weighted by molar-refractivity contribution is -0.132. The Morgan fingerprint density at radius 3 is 2.56 bits per heavy atom. The van der Waals surface area contributed by atoms with Gasteiger partial charge >= 0.3 is 5.69 Å². The van der Waals surface area contributed by atoms with E-state index in [0.29, 0.717) is 74.1 Å². The number of nitrogens with zero attached hydrogens (tertiary/aromatic N) is 6. The monoisotopic (exact) mass is 847 g/mol. The number of carbonyl (C=O) groups excluding carboxylic acids is 4. The van der Waals surface area contributed by atoms with Crippen molar-refractivity contribution in [2.45, 2.75) is 89.5 Å². The fourth-order valence-corrected chi connectivity index (χ4v) is 8.04. The number of aromatic nitrogens is 6. The molecule has 2 aliphatic rings. The van der Waals surface area contributed by atoms with E-state index >= 15 is 0 Å². The van der Waals surface area contributed by atoms with Gasteiger partial charge in [0.2, 0.25) is 5.89 Å². The number of anilines is 1. The Bertz CT molecular complexity index is 2680. The van der Waals surface area contributed by atoms with Crippen molar-refractivity contribution in [2.24, 2.45) is 13.0 Å². The first-order chi connectivity index (χ1) is 30.0. The van der Waals surface area contributed by atoms with Gasteiger partial charge < -0.3 is 14.5 Å².